The molecule has 0 saturated carbocycles. The summed E-state index contributed by atoms with van der Waals surface area (Å²) in [5.74, 6) is 0. The van der Waals surface area contributed by atoms with Crippen molar-refractivity contribution in [1.29, 1.82) is 0 Å². The Kier molecular flexibility index (Phi) is 3.79. The van der Waals surface area contributed by atoms with Crippen molar-refractivity contribution in [1.82, 2.24) is 19.7 Å². The van der Waals surface area contributed by atoms with Crippen LogP contribution in [0.3, 0.4) is 0 Å². The molecule has 0 fully saturated rings. The molecule has 4 aromatic rings. The first-order valence-electron chi connectivity index (χ1n) is 7.88. The van der Waals surface area contributed by atoms with E-state index in [1.807, 2.05) is 37.5 Å². The Balaban J connectivity index is 1.77. The quantitative estimate of drug-likeness (QED) is 0.610. The molecule has 0 saturated heterocycles. The second-order valence-corrected chi connectivity index (χ2v) is 7.38. The minimum absolute atomic E-state index is 0.244. The van der Waals surface area contributed by atoms with E-state index in [0.717, 1.165) is 37.4 Å². The number of hydrogen-bond acceptors (Lipinski definition) is 6. The molecule has 25 heavy (non-hydrogen) atoms. The van der Waals surface area contributed by atoms with E-state index in [9.17, 15) is 5.11 Å². The van der Waals surface area contributed by atoms with Crippen molar-refractivity contribution in [2.24, 2.45) is 7.05 Å². The van der Waals surface area contributed by atoms with Crippen molar-refractivity contribution in [3.05, 3.63) is 41.5 Å². The smallest absolute Gasteiger partial charge is 0.181 e. The first-order valence-corrected chi connectivity index (χ1v) is 8.70. The van der Waals surface area contributed by atoms with Gasteiger partial charge >= 0.3 is 0 Å². The molecule has 0 aliphatic heterocycles. The lowest BCUT2D eigenvalue weighted by Gasteiger charge is -2.20. The Morgan fingerprint density at radius 1 is 1.28 bits per heavy atom. The SMILES string of the molecule is COC[C@](C)(O)c1cc2ccc(-c3cnc4nn(C)cc4c3)nc2s1. The number of aliphatic hydroxyl groups is 1. The van der Waals surface area contributed by atoms with Gasteiger partial charge in [0, 0.05) is 47.8 Å². The van der Waals surface area contributed by atoms with Crippen LogP contribution in [0.25, 0.3) is 32.5 Å². The van der Waals surface area contributed by atoms with E-state index in [4.69, 9.17) is 9.72 Å². The summed E-state index contributed by atoms with van der Waals surface area (Å²) in [5.41, 5.74) is 1.50. The van der Waals surface area contributed by atoms with Crippen LogP contribution in [0.1, 0.15) is 11.8 Å². The molecule has 4 heterocycles. The molecule has 0 bridgehead atoms. The molecule has 0 unspecified atom stereocenters. The van der Waals surface area contributed by atoms with Gasteiger partial charge in [-0.3, -0.25) is 4.68 Å². The number of methoxy groups -OCH3 is 1. The van der Waals surface area contributed by atoms with Gasteiger partial charge in [-0.1, -0.05) is 0 Å². The van der Waals surface area contributed by atoms with E-state index in [0.29, 0.717) is 0 Å². The molecule has 4 aromatic heterocycles. The monoisotopic (exact) mass is 354 g/mol. The third-order valence-electron chi connectivity index (χ3n) is 4.11. The van der Waals surface area contributed by atoms with Crippen LogP contribution in [0.5, 0.6) is 0 Å². The van der Waals surface area contributed by atoms with Crippen molar-refractivity contribution < 1.29 is 9.84 Å². The molecular weight excluding hydrogens is 336 g/mol. The summed E-state index contributed by atoms with van der Waals surface area (Å²) in [5, 5.41) is 16.8. The molecule has 0 spiro atoms. The Bertz CT molecular complexity index is 1070. The molecule has 0 aromatic carbocycles. The lowest BCUT2D eigenvalue weighted by molar-refractivity contribution is -0.0180. The summed E-state index contributed by atoms with van der Waals surface area (Å²) in [6, 6.07) is 8.01. The molecule has 128 valence electrons. The topological polar surface area (TPSA) is 73.1 Å². The molecule has 0 radical (unpaired) electrons. The van der Waals surface area contributed by atoms with Crippen molar-refractivity contribution >= 4 is 32.6 Å². The van der Waals surface area contributed by atoms with Crippen LogP contribution in [-0.2, 0) is 17.4 Å². The summed E-state index contributed by atoms with van der Waals surface area (Å²) in [4.78, 5) is 10.9. The number of nitrogens with zero attached hydrogens (tertiary/aromatic N) is 4. The third kappa shape index (κ3) is 2.90. The van der Waals surface area contributed by atoms with Gasteiger partial charge in [-0.15, -0.1) is 11.3 Å². The van der Waals surface area contributed by atoms with Crippen LogP contribution in [0.4, 0.5) is 0 Å². The summed E-state index contributed by atoms with van der Waals surface area (Å²) >= 11 is 1.48. The largest absolute Gasteiger partial charge is 0.382 e. The van der Waals surface area contributed by atoms with E-state index in [2.05, 4.69) is 10.1 Å². The predicted octanol–water partition coefficient (Wildman–Crippen LogP) is 3.10. The van der Waals surface area contributed by atoms with E-state index in [1.165, 1.54) is 11.3 Å². The lowest BCUT2D eigenvalue weighted by Crippen LogP contribution is -2.25. The minimum Gasteiger partial charge on any atom is -0.382 e. The highest BCUT2D eigenvalue weighted by Gasteiger charge is 2.25. The number of rotatable bonds is 4. The first kappa shape index (κ1) is 16.1. The van der Waals surface area contributed by atoms with Crippen LogP contribution in [0, 0.1) is 0 Å². The first-order chi connectivity index (χ1) is 12.0. The average Bonchev–Trinajstić information content (AvgIpc) is 3.15. The number of aromatic nitrogens is 4. The zero-order chi connectivity index (χ0) is 17.6. The number of ether oxygens (including phenoxy) is 1. The fourth-order valence-electron chi connectivity index (χ4n) is 2.87. The van der Waals surface area contributed by atoms with Crippen molar-refractivity contribution in [2.45, 2.75) is 12.5 Å². The fourth-order valence-corrected chi connectivity index (χ4v) is 3.93. The lowest BCUT2D eigenvalue weighted by atomic mass is 10.1. The van der Waals surface area contributed by atoms with Crippen molar-refractivity contribution in [2.75, 3.05) is 13.7 Å². The Hall–Kier alpha value is -2.35. The second kappa shape index (κ2) is 5.87. The molecule has 0 aliphatic carbocycles. The van der Waals surface area contributed by atoms with Crippen LogP contribution in [0.15, 0.2) is 36.7 Å². The number of aryl methyl sites for hydroxylation is 1. The second-order valence-electron chi connectivity index (χ2n) is 6.35. The van der Waals surface area contributed by atoms with Crippen LogP contribution in [-0.4, -0.2) is 38.6 Å². The Labute approximate surface area is 148 Å². The van der Waals surface area contributed by atoms with Crippen LogP contribution in [0.2, 0.25) is 0 Å². The van der Waals surface area contributed by atoms with Crippen molar-refractivity contribution in [3.63, 3.8) is 0 Å². The Morgan fingerprint density at radius 2 is 2.12 bits per heavy atom. The molecule has 1 N–H and O–H groups in total. The van der Waals surface area contributed by atoms with Gasteiger partial charge in [0.15, 0.2) is 5.65 Å². The minimum atomic E-state index is -1.02. The van der Waals surface area contributed by atoms with Gasteiger partial charge in [0.1, 0.15) is 10.4 Å². The van der Waals surface area contributed by atoms with Gasteiger partial charge in [-0.2, -0.15) is 5.10 Å². The summed E-state index contributed by atoms with van der Waals surface area (Å²) in [7, 11) is 3.46. The molecule has 1 atom stereocenters. The van der Waals surface area contributed by atoms with Crippen LogP contribution < -0.4 is 0 Å². The number of hydrogen-bond donors (Lipinski definition) is 1. The summed E-state index contributed by atoms with van der Waals surface area (Å²) in [6.45, 7) is 2.00. The highest BCUT2D eigenvalue weighted by Crippen LogP contribution is 2.34. The van der Waals surface area contributed by atoms with Gasteiger partial charge < -0.3 is 9.84 Å². The van der Waals surface area contributed by atoms with Gasteiger partial charge in [-0.25, -0.2) is 9.97 Å². The van der Waals surface area contributed by atoms with E-state index in [-0.39, 0.29) is 6.61 Å². The van der Waals surface area contributed by atoms with Crippen LogP contribution >= 0.6 is 11.3 Å². The number of fused-ring (bicyclic) bond motifs is 2. The molecule has 4 rings (SSSR count). The molecule has 7 heteroatoms. The highest BCUT2D eigenvalue weighted by molar-refractivity contribution is 7.18. The van der Waals surface area contributed by atoms with Crippen molar-refractivity contribution in [3.8, 4) is 11.3 Å². The van der Waals surface area contributed by atoms with E-state index >= 15 is 0 Å². The zero-order valence-electron chi connectivity index (χ0n) is 14.2. The van der Waals surface area contributed by atoms with Gasteiger partial charge in [0.2, 0.25) is 0 Å². The van der Waals surface area contributed by atoms with E-state index < -0.39 is 5.60 Å². The van der Waals surface area contributed by atoms with E-state index in [1.54, 1.807) is 24.9 Å². The molecule has 6 nitrogen and oxygen atoms in total. The molecular formula is C18H18N4O2S. The summed E-state index contributed by atoms with van der Waals surface area (Å²) in [6.07, 6.45) is 3.73. The maximum Gasteiger partial charge on any atom is 0.181 e. The highest BCUT2D eigenvalue weighted by atomic mass is 32.1. The predicted molar refractivity (Wildman–Crippen MR) is 98.6 cm³/mol. The molecule has 0 aliphatic rings. The normalized spacial score (nSPS) is 14.2. The Morgan fingerprint density at radius 3 is 2.92 bits per heavy atom. The standard InChI is InChI=1S/C18H18N4O2S/c1-18(23,10-24-3)15-7-11-4-5-14(20-17(11)25-15)12-6-13-9-22(2)21-16(13)19-8-12/h4-9,23H,10H2,1-3H3/t18-/m0/s1. The maximum absolute atomic E-state index is 10.5. The van der Waals surface area contributed by atoms with Gasteiger partial charge in [0.05, 0.1) is 12.3 Å². The summed E-state index contributed by atoms with van der Waals surface area (Å²) < 4.78 is 6.86. The third-order valence-corrected chi connectivity index (χ3v) is 5.41. The maximum atomic E-state index is 10.5. The number of pyridine rings is 2. The van der Waals surface area contributed by atoms with Gasteiger partial charge in [-0.05, 0) is 31.2 Å². The fraction of sp³-hybridized carbons (Fsp3) is 0.278. The zero-order valence-corrected chi connectivity index (χ0v) is 15.0. The van der Waals surface area contributed by atoms with Gasteiger partial charge in [0.25, 0.3) is 0 Å². The molecule has 0 amide bonds. The average molecular weight is 354 g/mol. The number of thiophene rings is 1.